The molecular weight excluding hydrogens is 228 g/mol. The molecule has 0 spiro atoms. The molecule has 6 heteroatoms. The van der Waals surface area contributed by atoms with Crippen LogP contribution >= 0.6 is 0 Å². The monoisotopic (exact) mass is 250 g/mol. The van der Waals surface area contributed by atoms with Gasteiger partial charge in [-0.05, 0) is 18.3 Å². The summed E-state index contributed by atoms with van der Waals surface area (Å²) in [5.74, 6) is 0.114. The molecule has 1 aliphatic rings. The van der Waals surface area contributed by atoms with Gasteiger partial charge in [0.05, 0.1) is 5.75 Å². The third-order valence-corrected chi connectivity index (χ3v) is 4.90. The van der Waals surface area contributed by atoms with Gasteiger partial charge in [-0.2, -0.15) is 0 Å². The van der Waals surface area contributed by atoms with Gasteiger partial charge in [0.25, 0.3) is 0 Å². The molecule has 0 amide bonds. The molecule has 5 nitrogen and oxygen atoms in total. The van der Waals surface area contributed by atoms with Crippen molar-refractivity contribution in [3.63, 3.8) is 0 Å². The topological polar surface area (TPSA) is 81.4 Å². The van der Waals surface area contributed by atoms with Crippen molar-refractivity contribution in [1.82, 2.24) is 4.72 Å². The van der Waals surface area contributed by atoms with E-state index < -0.39 is 10.0 Å². The molecule has 96 valence electrons. The number of sulfonamides is 1. The maximum atomic E-state index is 11.7. The minimum atomic E-state index is -3.19. The molecule has 1 saturated carbocycles. The highest BCUT2D eigenvalue weighted by molar-refractivity contribution is 7.89. The Morgan fingerprint density at radius 3 is 2.56 bits per heavy atom. The fourth-order valence-electron chi connectivity index (χ4n) is 1.83. The summed E-state index contributed by atoms with van der Waals surface area (Å²) in [7, 11) is -1.63. The highest BCUT2D eigenvalue weighted by Gasteiger charge is 2.47. The van der Waals surface area contributed by atoms with Gasteiger partial charge < -0.3 is 10.5 Å². The standard InChI is InChI=1S/C10H22N2O3S/c1-10(2)8(11)7-9(10)12-16(13,14)6-4-5-15-3/h8-9,12H,4-7,11H2,1-3H3. The fraction of sp³-hybridized carbons (Fsp3) is 1.00. The highest BCUT2D eigenvalue weighted by Crippen LogP contribution is 2.39. The maximum absolute atomic E-state index is 11.7. The van der Waals surface area contributed by atoms with E-state index in [1.165, 1.54) is 0 Å². The van der Waals surface area contributed by atoms with Crippen LogP contribution in [0.25, 0.3) is 0 Å². The van der Waals surface area contributed by atoms with Crippen molar-refractivity contribution in [2.45, 2.75) is 38.8 Å². The Balaban J connectivity index is 2.42. The van der Waals surface area contributed by atoms with Gasteiger partial charge in [-0.15, -0.1) is 0 Å². The largest absolute Gasteiger partial charge is 0.385 e. The average molecular weight is 250 g/mol. The summed E-state index contributed by atoms with van der Waals surface area (Å²) >= 11 is 0. The Bertz CT molecular complexity index is 327. The minimum Gasteiger partial charge on any atom is -0.385 e. The molecule has 0 saturated heterocycles. The molecule has 0 aromatic carbocycles. The van der Waals surface area contributed by atoms with Crippen molar-refractivity contribution in [3.8, 4) is 0 Å². The van der Waals surface area contributed by atoms with E-state index >= 15 is 0 Å². The fourth-order valence-corrected chi connectivity index (χ4v) is 3.28. The summed E-state index contributed by atoms with van der Waals surface area (Å²) in [4.78, 5) is 0. The van der Waals surface area contributed by atoms with Gasteiger partial charge in [-0.1, -0.05) is 13.8 Å². The number of nitrogens with one attached hydrogen (secondary N) is 1. The molecule has 1 fully saturated rings. The molecule has 0 aromatic rings. The van der Waals surface area contributed by atoms with E-state index in [0.29, 0.717) is 13.0 Å². The second-order valence-electron chi connectivity index (χ2n) is 5.00. The van der Waals surface area contributed by atoms with E-state index in [-0.39, 0.29) is 23.3 Å². The van der Waals surface area contributed by atoms with Crippen LogP contribution in [0.1, 0.15) is 26.7 Å². The summed E-state index contributed by atoms with van der Waals surface area (Å²) in [5, 5.41) is 0. The summed E-state index contributed by atoms with van der Waals surface area (Å²) in [6, 6.07) is 0.0502. The average Bonchev–Trinajstić information content (AvgIpc) is 2.17. The number of hydrogen-bond acceptors (Lipinski definition) is 4. The summed E-state index contributed by atoms with van der Waals surface area (Å²) in [5.41, 5.74) is 5.69. The lowest BCUT2D eigenvalue weighted by atomic mass is 9.64. The Morgan fingerprint density at radius 2 is 2.12 bits per heavy atom. The molecule has 0 aromatic heterocycles. The van der Waals surface area contributed by atoms with Crippen LogP contribution < -0.4 is 10.5 Å². The number of methoxy groups -OCH3 is 1. The molecule has 0 radical (unpaired) electrons. The lowest BCUT2D eigenvalue weighted by Gasteiger charge is -2.50. The number of ether oxygens (including phenoxy) is 1. The van der Waals surface area contributed by atoms with Gasteiger partial charge in [0, 0.05) is 25.8 Å². The van der Waals surface area contributed by atoms with E-state index in [2.05, 4.69) is 4.72 Å². The SMILES string of the molecule is COCCCS(=O)(=O)NC1CC(N)C1(C)C. The molecule has 0 heterocycles. The van der Waals surface area contributed by atoms with E-state index in [1.807, 2.05) is 13.8 Å². The zero-order chi connectivity index (χ0) is 12.4. The normalized spacial score (nSPS) is 28.8. The van der Waals surface area contributed by atoms with E-state index in [1.54, 1.807) is 7.11 Å². The highest BCUT2D eigenvalue weighted by atomic mass is 32.2. The second kappa shape index (κ2) is 5.00. The van der Waals surface area contributed by atoms with Crippen molar-refractivity contribution in [3.05, 3.63) is 0 Å². The lowest BCUT2D eigenvalue weighted by molar-refractivity contribution is 0.0903. The predicted octanol–water partition coefficient (Wildman–Crippen LogP) is 0.0681. The first-order valence-electron chi connectivity index (χ1n) is 5.54. The van der Waals surface area contributed by atoms with Gasteiger partial charge in [0.1, 0.15) is 0 Å². The van der Waals surface area contributed by atoms with E-state index in [4.69, 9.17) is 10.5 Å². The molecular formula is C10H22N2O3S. The third-order valence-electron chi connectivity index (χ3n) is 3.43. The maximum Gasteiger partial charge on any atom is 0.211 e. The zero-order valence-electron chi connectivity index (χ0n) is 10.2. The molecule has 1 rings (SSSR count). The van der Waals surface area contributed by atoms with Crippen LogP contribution in [0, 0.1) is 5.41 Å². The van der Waals surface area contributed by atoms with Crippen molar-refractivity contribution in [1.29, 1.82) is 0 Å². The van der Waals surface area contributed by atoms with Gasteiger partial charge in [0.15, 0.2) is 0 Å². The first-order chi connectivity index (χ1) is 7.29. The van der Waals surface area contributed by atoms with Gasteiger partial charge in [0.2, 0.25) is 10.0 Å². The minimum absolute atomic E-state index is 0.0324. The third kappa shape index (κ3) is 3.16. The van der Waals surface area contributed by atoms with Crippen LogP contribution in [0.4, 0.5) is 0 Å². The molecule has 0 bridgehead atoms. The van der Waals surface area contributed by atoms with Crippen molar-refractivity contribution < 1.29 is 13.2 Å². The van der Waals surface area contributed by atoms with Gasteiger partial charge >= 0.3 is 0 Å². The van der Waals surface area contributed by atoms with Crippen molar-refractivity contribution in [2.75, 3.05) is 19.5 Å². The lowest BCUT2D eigenvalue weighted by Crippen LogP contribution is -2.64. The molecule has 16 heavy (non-hydrogen) atoms. The number of rotatable bonds is 6. The van der Waals surface area contributed by atoms with Crippen LogP contribution in [-0.4, -0.2) is 40.0 Å². The van der Waals surface area contributed by atoms with Crippen LogP contribution in [0.2, 0.25) is 0 Å². The predicted molar refractivity (Wildman–Crippen MR) is 63.6 cm³/mol. The molecule has 3 N–H and O–H groups in total. The van der Waals surface area contributed by atoms with Gasteiger partial charge in [-0.3, -0.25) is 0 Å². The molecule has 2 unspecified atom stereocenters. The summed E-state index contributed by atoms with van der Waals surface area (Å²) in [6.45, 7) is 4.45. The quantitative estimate of drug-likeness (QED) is 0.654. The van der Waals surface area contributed by atoms with Gasteiger partial charge in [-0.25, -0.2) is 13.1 Å². The smallest absolute Gasteiger partial charge is 0.211 e. The summed E-state index contributed by atoms with van der Waals surface area (Å²) in [6.07, 6.45) is 1.24. The molecule has 0 aliphatic heterocycles. The first kappa shape index (κ1) is 13.9. The molecule has 2 atom stereocenters. The summed E-state index contributed by atoms with van der Waals surface area (Å²) < 4.78 is 30.9. The zero-order valence-corrected chi connectivity index (χ0v) is 11.0. The van der Waals surface area contributed by atoms with Crippen LogP contribution in [-0.2, 0) is 14.8 Å². The Morgan fingerprint density at radius 1 is 1.50 bits per heavy atom. The van der Waals surface area contributed by atoms with E-state index in [0.717, 1.165) is 6.42 Å². The molecule has 1 aliphatic carbocycles. The first-order valence-corrected chi connectivity index (χ1v) is 7.19. The number of hydrogen-bond donors (Lipinski definition) is 2. The van der Waals surface area contributed by atoms with Crippen LogP contribution in [0.3, 0.4) is 0 Å². The number of nitrogens with two attached hydrogens (primary N) is 1. The second-order valence-corrected chi connectivity index (χ2v) is 6.87. The van der Waals surface area contributed by atoms with Crippen molar-refractivity contribution >= 4 is 10.0 Å². The van der Waals surface area contributed by atoms with Crippen LogP contribution in [0.5, 0.6) is 0 Å². The van der Waals surface area contributed by atoms with Crippen LogP contribution in [0.15, 0.2) is 0 Å². The Kier molecular flexibility index (Phi) is 4.34. The van der Waals surface area contributed by atoms with E-state index in [9.17, 15) is 8.42 Å². The Labute approximate surface area is 97.8 Å². The Hall–Kier alpha value is -0.170. The van der Waals surface area contributed by atoms with Crippen molar-refractivity contribution in [2.24, 2.45) is 11.1 Å².